The first-order valence-electron chi connectivity index (χ1n) is 6.06. The molecule has 0 aliphatic heterocycles. The molecule has 0 amide bonds. The molecule has 2 heterocycles. The molecule has 19 heavy (non-hydrogen) atoms. The molecule has 5 heteroatoms. The molecule has 0 aliphatic carbocycles. The van der Waals surface area contributed by atoms with Crippen LogP contribution in [-0.2, 0) is 6.54 Å². The van der Waals surface area contributed by atoms with Crippen LogP contribution in [0.3, 0.4) is 0 Å². The van der Waals surface area contributed by atoms with Gasteiger partial charge in [0.05, 0.1) is 12.1 Å². The van der Waals surface area contributed by atoms with Gasteiger partial charge in [-0.1, -0.05) is 28.1 Å². The van der Waals surface area contributed by atoms with Crippen LogP contribution < -0.4 is 5.73 Å². The molecule has 0 aliphatic rings. The molecule has 0 fully saturated rings. The van der Waals surface area contributed by atoms with Crippen molar-refractivity contribution in [1.82, 2.24) is 14.8 Å². The smallest absolute Gasteiger partial charge is 0.102 e. The van der Waals surface area contributed by atoms with Gasteiger partial charge in [-0.05, 0) is 18.2 Å². The fourth-order valence-electron chi connectivity index (χ4n) is 2.16. The van der Waals surface area contributed by atoms with Crippen molar-refractivity contribution >= 4 is 26.8 Å². The largest absolute Gasteiger partial charge is 0.329 e. The first kappa shape index (κ1) is 12.3. The number of hydrogen-bond acceptors (Lipinski definition) is 3. The number of aromatic nitrogens is 3. The Morgan fingerprint density at radius 1 is 1.26 bits per heavy atom. The molecular formula is C14H13BrN4. The molecule has 2 aromatic heterocycles. The Balaban J connectivity index is 2.23. The van der Waals surface area contributed by atoms with Gasteiger partial charge in [-0.2, -0.15) is 5.10 Å². The summed E-state index contributed by atoms with van der Waals surface area (Å²) in [6, 6.07) is 10.1. The van der Waals surface area contributed by atoms with Gasteiger partial charge in [0.2, 0.25) is 0 Å². The molecule has 4 nitrogen and oxygen atoms in total. The molecule has 0 saturated carbocycles. The molecule has 0 unspecified atom stereocenters. The highest BCUT2D eigenvalue weighted by Gasteiger charge is 2.12. The minimum atomic E-state index is 0.566. The molecule has 0 spiro atoms. The summed E-state index contributed by atoms with van der Waals surface area (Å²) in [5, 5.41) is 5.72. The van der Waals surface area contributed by atoms with E-state index in [1.807, 2.05) is 35.1 Å². The second kappa shape index (κ2) is 5.11. The lowest BCUT2D eigenvalue weighted by atomic mass is 10.1. The molecule has 2 N–H and O–H groups in total. The summed E-state index contributed by atoms with van der Waals surface area (Å²) in [5.74, 6) is 0. The highest BCUT2D eigenvalue weighted by Crippen LogP contribution is 2.28. The van der Waals surface area contributed by atoms with Crippen LogP contribution in [0.2, 0.25) is 0 Å². The minimum absolute atomic E-state index is 0.566. The number of rotatable bonds is 3. The van der Waals surface area contributed by atoms with Gasteiger partial charge in [0, 0.05) is 34.4 Å². The maximum absolute atomic E-state index is 5.64. The highest BCUT2D eigenvalue weighted by atomic mass is 79.9. The highest BCUT2D eigenvalue weighted by molar-refractivity contribution is 9.10. The molecule has 0 radical (unpaired) electrons. The summed E-state index contributed by atoms with van der Waals surface area (Å²) < 4.78 is 2.98. The maximum atomic E-state index is 5.64. The van der Waals surface area contributed by atoms with Crippen LogP contribution >= 0.6 is 15.9 Å². The van der Waals surface area contributed by atoms with E-state index in [0.717, 1.165) is 26.6 Å². The van der Waals surface area contributed by atoms with E-state index >= 15 is 0 Å². The predicted octanol–water partition coefficient (Wildman–Crippen LogP) is 2.82. The molecule has 3 rings (SSSR count). The lowest BCUT2D eigenvalue weighted by Crippen LogP contribution is -2.10. The fraction of sp³-hybridized carbons (Fsp3) is 0.143. The van der Waals surface area contributed by atoms with Gasteiger partial charge in [-0.3, -0.25) is 9.67 Å². The Hall–Kier alpha value is -1.72. The standard InChI is InChI=1S/C14H13BrN4/c15-11-3-1-2-10(8-11)14-12-9-17-6-4-13(12)19(18-14)7-5-16/h1-4,6,8-9H,5,7,16H2. The van der Waals surface area contributed by atoms with Gasteiger partial charge in [0.15, 0.2) is 0 Å². The molecule has 1 aromatic carbocycles. The topological polar surface area (TPSA) is 56.7 Å². The summed E-state index contributed by atoms with van der Waals surface area (Å²) in [7, 11) is 0. The second-order valence-corrected chi connectivity index (χ2v) is 5.18. The van der Waals surface area contributed by atoms with E-state index in [2.05, 4.69) is 32.1 Å². The Bertz CT molecular complexity index is 720. The zero-order valence-corrected chi connectivity index (χ0v) is 11.8. The number of hydrogen-bond donors (Lipinski definition) is 1. The van der Waals surface area contributed by atoms with Crippen LogP contribution in [0.25, 0.3) is 22.2 Å². The number of nitrogens with zero attached hydrogens (tertiary/aromatic N) is 3. The second-order valence-electron chi connectivity index (χ2n) is 4.26. The summed E-state index contributed by atoms with van der Waals surface area (Å²) in [4.78, 5) is 4.20. The van der Waals surface area contributed by atoms with E-state index in [1.54, 1.807) is 6.20 Å². The van der Waals surface area contributed by atoms with Crippen molar-refractivity contribution in [3.05, 3.63) is 47.2 Å². The third-order valence-electron chi connectivity index (χ3n) is 2.99. The van der Waals surface area contributed by atoms with Gasteiger partial charge >= 0.3 is 0 Å². The first-order chi connectivity index (χ1) is 9.29. The Morgan fingerprint density at radius 2 is 2.16 bits per heavy atom. The Kier molecular flexibility index (Phi) is 3.31. The zero-order chi connectivity index (χ0) is 13.2. The number of halogens is 1. The molecular weight excluding hydrogens is 304 g/mol. The van der Waals surface area contributed by atoms with E-state index in [-0.39, 0.29) is 0 Å². The molecule has 0 bridgehead atoms. The van der Waals surface area contributed by atoms with Gasteiger partial charge in [0.25, 0.3) is 0 Å². The summed E-state index contributed by atoms with van der Waals surface area (Å²) >= 11 is 3.49. The molecule has 0 atom stereocenters. The lowest BCUT2D eigenvalue weighted by Gasteiger charge is -1.99. The van der Waals surface area contributed by atoms with Gasteiger partial charge in [-0.15, -0.1) is 0 Å². The molecule has 0 saturated heterocycles. The quantitative estimate of drug-likeness (QED) is 0.808. The average Bonchev–Trinajstić information content (AvgIpc) is 2.79. The van der Waals surface area contributed by atoms with Crippen molar-refractivity contribution in [2.75, 3.05) is 6.54 Å². The van der Waals surface area contributed by atoms with E-state index in [9.17, 15) is 0 Å². The van der Waals surface area contributed by atoms with E-state index < -0.39 is 0 Å². The van der Waals surface area contributed by atoms with Crippen molar-refractivity contribution in [3.8, 4) is 11.3 Å². The van der Waals surface area contributed by atoms with Crippen LogP contribution in [-0.4, -0.2) is 21.3 Å². The average molecular weight is 317 g/mol. The maximum Gasteiger partial charge on any atom is 0.102 e. The SMILES string of the molecule is NCCn1nc(-c2cccc(Br)c2)c2cnccc21. The first-order valence-corrected chi connectivity index (χ1v) is 6.85. The molecule has 96 valence electrons. The van der Waals surface area contributed by atoms with Crippen LogP contribution in [0.5, 0.6) is 0 Å². The van der Waals surface area contributed by atoms with E-state index in [1.165, 1.54) is 0 Å². The minimum Gasteiger partial charge on any atom is -0.329 e. The Labute approximate surface area is 119 Å². The number of nitrogens with two attached hydrogens (primary N) is 1. The van der Waals surface area contributed by atoms with Crippen molar-refractivity contribution in [2.45, 2.75) is 6.54 Å². The van der Waals surface area contributed by atoms with Crippen molar-refractivity contribution in [3.63, 3.8) is 0 Å². The summed E-state index contributed by atoms with van der Waals surface area (Å²) in [6.07, 6.45) is 3.63. The van der Waals surface area contributed by atoms with Crippen molar-refractivity contribution in [2.24, 2.45) is 5.73 Å². The van der Waals surface area contributed by atoms with Crippen molar-refractivity contribution < 1.29 is 0 Å². The Morgan fingerprint density at radius 3 is 2.95 bits per heavy atom. The van der Waals surface area contributed by atoms with Crippen LogP contribution in [0.4, 0.5) is 0 Å². The third kappa shape index (κ3) is 2.27. The van der Waals surface area contributed by atoms with Crippen LogP contribution in [0.1, 0.15) is 0 Å². The number of fused-ring (bicyclic) bond motifs is 1. The number of benzene rings is 1. The normalized spacial score (nSPS) is 11.1. The monoisotopic (exact) mass is 316 g/mol. The summed E-state index contributed by atoms with van der Waals surface area (Å²) in [5.41, 5.74) is 8.72. The van der Waals surface area contributed by atoms with Gasteiger partial charge in [0.1, 0.15) is 5.69 Å². The van der Waals surface area contributed by atoms with E-state index in [0.29, 0.717) is 13.1 Å². The fourth-order valence-corrected chi connectivity index (χ4v) is 2.56. The van der Waals surface area contributed by atoms with Gasteiger partial charge in [-0.25, -0.2) is 0 Å². The van der Waals surface area contributed by atoms with Crippen molar-refractivity contribution in [1.29, 1.82) is 0 Å². The zero-order valence-electron chi connectivity index (χ0n) is 10.3. The third-order valence-corrected chi connectivity index (χ3v) is 3.48. The van der Waals surface area contributed by atoms with Crippen LogP contribution in [0.15, 0.2) is 47.2 Å². The number of pyridine rings is 1. The lowest BCUT2D eigenvalue weighted by molar-refractivity contribution is 0.648. The molecule has 3 aromatic rings. The summed E-state index contributed by atoms with van der Waals surface area (Å²) in [6.45, 7) is 1.27. The predicted molar refractivity (Wildman–Crippen MR) is 79.7 cm³/mol. The van der Waals surface area contributed by atoms with E-state index in [4.69, 9.17) is 5.73 Å². The van der Waals surface area contributed by atoms with Gasteiger partial charge < -0.3 is 5.73 Å². The van der Waals surface area contributed by atoms with Crippen LogP contribution in [0, 0.1) is 0 Å².